The highest BCUT2D eigenvalue weighted by atomic mass is 16.6. The molecule has 0 aliphatic rings. The number of hydrogen-bond donors (Lipinski definition) is 2. The van der Waals surface area contributed by atoms with Gasteiger partial charge in [0, 0.05) is 24.6 Å². The molecule has 22 heavy (non-hydrogen) atoms. The second-order valence-electron chi connectivity index (χ2n) is 4.79. The number of hydrogen-bond acceptors (Lipinski definition) is 5. The monoisotopic (exact) mass is 310 g/mol. The molecule has 1 aromatic carbocycles. The summed E-state index contributed by atoms with van der Waals surface area (Å²) in [5, 5.41) is 22.2. The number of nitro groups is 1. The van der Waals surface area contributed by atoms with Crippen LogP contribution in [0.5, 0.6) is 5.75 Å². The van der Waals surface area contributed by atoms with Gasteiger partial charge in [-0.05, 0) is 25.0 Å². The fourth-order valence-corrected chi connectivity index (χ4v) is 1.82. The van der Waals surface area contributed by atoms with Crippen molar-refractivity contribution in [3.05, 3.63) is 33.9 Å². The van der Waals surface area contributed by atoms with Gasteiger partial charge in [-0.3, -0.25) is 19.7 Å². The van der Waals surface area contributed by atoms with E-state index in [9.17, 15) is 19.7 Å². The topological polar surface area (TPSA) is 119 Å². The van der Waals surface area contributed by atoms with Crippen molar-refractivity contribution in [1.29, 1.82) is 0 Å². The zero-order valence-electron chi connectivity index (χ0n) is 12.4. The van der Waals surface area contributed by atoms with Crippen LogP contribution in [-0.4, -0.2) is 35.1 Å². The van der Waals surface area contributed by atoms with Gasteiger partial charge in [0.2, 0.25) is 0 Å². The number of carbonyl (C=O) groups is 2. The van der Waals surface area contributed by atoms with Crippen LogP contribution in [0.4, 0.5) is 5.69 Å². The van der Waals surface area contributed by atoms with Crippen LogP contribution < -0.4 is 10.1 Å². The largest absolute Gasteiger partial charge is 0.487 e. The predicted octanol–water partition coefficient (Wildman–Crippen LogP) is 1.83. The molecule has 0 aliphatic heterocycles. The molecule has 0 heterocycles. The Morgan fingerprint density at radius 1 is 1.45 bits per heavy atom. The predicted molar refractivity (Wildman–Crippen MR) is 78.0 cm³/mol. The number of amides is 1. The first-order chi connectivity index (χ1) is 10.3. The lowest BCUT2D eigenvalue weighted by Gasteiger charge is -2.11. The SMILES string of the molecule is CCOc1ccc(C(=O)NCC(C)CC(=O)O)cc1[N+](=O)[O-]. The molecule has 1 atom stereocenters. The molecule has 0 fully saturated rings. The summed E-state index contributed by atoms with van der Waals surface area (Å²) in [6.45, 7) is 3.84. The molecule has 1 unspecified atom stereocenters. The zero-order valence-corrected chi connectivity index (χ0v) is 12.4. The van der Waals surface area contributed by atoms with E-state index >= 15 is 0 Å². The van der Waals surface area contributed by atoms with Crippen LogP contribution in [0.15, 0.2) is 18.2 Å². The van der Waals surface area contributed by atoms with Crippen molar-refractivity contribution in [2.24, 2.45) is 5.92 Å². The highest BCUT2D eigenvalue weighted by molar-refractivity contribution is 5.95. The Morgan fingerprint density at radius 2 is 2.14 bits per heavy atom. The van der Waals surface area contributed by atoms with Gasteiger partial charge in [0.25, 0.3) is 5.91 Å². The molecule has 8 heteroatoms. The highest BCUT2D eigenvalue weighted by Gasteiger charge is 2.19. The maximum Gasteiger partial charge on any atom is 0.311 e. The smallest absolute Gasteiger partial charge is 0.311 e. The Labute approximate surface area is 127 Å². The molecule has 120 valence electrons. The third kappa shape index (κ3) is 5.04. The maximum absolute atomic E-state index is 12.0. The summed E-state index contributed by atoms with van der Waals surface area (Å²) in [7, 11) is 0. The summed E-state index contributed by atoms with van der Waals surface area (Å²) < 4.78 is 5.14. The van der Waals surface area contributed by atoms with Crippen molar-refractivity contribution < 1.29 is 24.4 Å². The molecule has 2 N–H and O–H groups in total. The summed E-state index contributed by atoms with van der Waals surface area (Å²) in [5.41, 5.74) is -0.161. The van der Waals surface area contributed by atoms with Crippen molar-refractivity contribution in [2.45, 2.75) is 20.3 Å². The van der Waals surface area contributed by atoms with E-state index < -0.39 is 16.8 Å². The molecule has 0 saturated heterocycles. The van der Waals surface area contributed by atoms with Crippen molar-refractivity contribution in [3.63, 3.8) is 0 Å². The zero-order chi connectivity index (χ0) is 16.7. The molecule has 0 saturated carbocycles. The summed E-state index contributed by atoms with van der Waals surface area (Å²) >= 11 is 0. The third-order valence-corrected chi connectivity index (χ3v) is 2.85. The van der Waals surface area contributed by atoms with E-state index in [1.165, 1.54) is 12.1 Å². The van der Waals surface area contributed by atoms with Crippen molar-refractivity contribution in [2.75, 3.05) is 13.2 Å². The first kappa shape index (κ1) is 17.4. The van der Waals surface area contributed by atoms with Gasteiger partial charge in [-0.25, -0.2) is 0 Å². The van der Waals surface area contributed by atoms with Gasteiger partial charge in [-0.15, -0.1) is 0 Å². The van der Waals surface area contributed by atoms with Gasteiger partial charge >= 0.3 is 11.7 Å². The second kappa shape index (κ2) is 7.96. The van der Waals surface area contributed by atoms with E-state index in [0.717, 1.165) is 6.07 Å². The standard InChI is InChI=1S/C14H18N2O6/c1-3-22-12-5-4-10(7-11(12)16(20)21)14(19)15-8-9(2)6-13(17)18/h4-5,7,9H,3,6,8H2,1-2H3,(H,15,19)(H,17,18). The number of aliphatic carboxylic acids is 1. The molecular formula is C14H18N2O6. The molecule has 8 nitrogen and oxygen atoms in total. The van der Waals surface area contributed by atoms with Crippen LogP contribution in [0.25, 0.3) is 0 Å². The van der Waals surface area contributed by atoms with E-state index in [1.54, 1.807) is 13.8 Å². The summed E-state index contributed by atoms with van der Waals surface area (Å²) in [6.07, 6.45) is -0.0658. The minimum absolute atomic E-state index is 0.0658. The van der Waals surface area contributed by atoms with E-state index in [1.807, 2.05) is 0 Å². The van der Waals surface area contributed by atoms with Gasteiger partial charge in [0.15, 0.2) is 5.75 Å². The molecular weight excluding hydrogens is 292 g/mol. The lowest BCUT2D eigenvalue weighted by atomic mass is 10.1. The van der Waals surface area contributed by atoms with Gasteiger partial charge < -0.3 is 15.2 Å². The summed E-state index contributed by atoms with van der Waals surface area (Å²) in [5.74, 6) is -1.58. The fourth-order valence-electron chi connectivity index (χ4n) is 1.82. The second-order valence-corrected chi connectivity index (χ2v) is 4.79. The minimum Gasteiger partial charge on any atom is -0.487 e. The van der Waals surface area contributed by atoms with Gasteiger partial charge in [0.1, 0.15) is 0 Å². The summed E-state index contributed by atoms with van der Waals surface area (Å²) in [4.78, 5) is 32.9. The number of carboxylic acid groups (broad SMARTS) is 1. The van der Waals surface area contributed by atoms with Crippen LogP contribution in [0.2, 0.25) is 0 Å². The molecule has 0 spiro atoms. The number of rotatable bonds is 8. The molecule has 0 radical (unpaired) electrons. The molecule has 1 amide bonds. The summed E-state index contributed by atoms with van der Waals surface area (Å²) in [6, 6.07) is 3.94. The van der Waals surface area contributed by atoms with Gasteiger partial charge in [-0.1, -0.05) is 6.92 Å². The highest BCUT2D eigenvalue weighted by Crippen LogP contribution is 2.27. The van der Waals surface area contributed by atoms with Crippen molar-refractivity contribution in [1.82, 2.24) is 5.32 Å². The number of ether oxygens (including phenoxy) is 1. The van der Waals surface area contributed by atoms with Crippen LogP contribution >= 0.6 is 0 Å². The Hall–Kier alpha value is -2.64. The Morgan fingerprint density at radius 3 is 2.68 bits per heavy atom. The number of benzene rings is 1. The van der Waals surface area contributed by atoms with Crippen molar-refractivity contribution >= 4 is 17.6 Å². The number of carbonyl (C=O) groups excluding carboxylic acids is 1. The van der Waals surface area contributed by atoms with Crippen LogP contribution in [0.3, 0.4) is 0 Å². The van der Waals surface area contributed by atoms with E-state index in [2.05, 4.69) is 5.32 Å². The number of nitro benzene ring substituents is 1. The number of nitrogens with one attached hydrogen (secondary N) is 1. The molecule has 0 bridgehead atoms. The Bertz CT molecular complexity index is 572. The van der Waals surface area contributed by atoms with E-state index in [4.69, 9.17) is 9.84 Å². The van der Waals surface area contributed by atoms with Crippen LogP contribution in [0.1, 0.15) is 30.6 Å². The average Bonchev–Trinajstić information content (AvgIpc) is 2.44. The van der Waals surface area contributed by atoms with E-state index in [0.29, 0.717) is 0 Å². The van der Waals surface area contributed by atoms with Crippen molar-refractivity contribution in [3.8, 4) is 5.75 Å². The van der Waals surface area contributed by atoms with E-state index in [-0.39, 0.29) is 42.5 Å². The van der Waals surface area contributed by atoms with Crippen LogP contribution in [0, 0.1) is 16.0 Å². The molecule has 0 aliphatic carbocycles. The quantitative estimate of drug-likeness (QED) is 0.558. The normalized spacial score (nSPS) is 11.5. The van der Waals surface area contributed by atoms with Crippen LogP contribution in [-0.2, 0) is 4.79 Å². The first-order valence-electron chi connectivity index (χ1n) is 6.76. The number of nitrogens with zero attached hydrogens (tertiary/aromatic N) is 1. The Kier molecular flexibility index (Phi) is 6.30. The molecule has 1 rings (SSSR count). The Balaban J connectivity index is 2.79. The number of carboxylic acids is 1. The third-order valence-electron chi connectivity index (χ3n) is 2.85. The molecule has 1 aromatic rings. The van der Waals surface area contributed by atoms with Gasteiger partial charge in [-0.2, -0.15) is 0 Å². The maximum atomic E-state index is 12.0. The lowest BCUT2D eigenvalue weighted by molar-refractivity contribution is -0.385. The first-order valence-corrected chi connectivity index (χ1v) is 6.76. The van der Waals surface area contributed by atoms with Gasteiger partial charge in [0.05, 0.1) is 11.5 Å². The average molecular weight is 310 g/mol. The lowest BCUT2D eigenvalue weighted by Crippen LogP contribution is -2.29. The fraction of sp³-hybridized carbons (Fsp3) is 0.429. The molecule has 0 aromatic heterocycles. The minimum atomic E-state index is -0.946.